The monoisotopic (exact) mass is 212 g/mol. The maximum Gasteiger partial charge on any atom is 0.0794 e. The summed E-state index contributed by atoms with van der Waals surface area (Å²) in [5, 5.41) is 13.3. The van der Waals surface area contributed by atoms with Crippen molar-refractivity contribution in [2.45, 2.75) is 25.4 Å². The zero-order valence-electron chi connectivity index (χ0n) is 8.15. The normalized spacial score (nSPS) is 24.8. The Morgan fingerprint density at radius 2 is 2.64 bits per heavy atom. The number of piperidine rings is 1. The molecule has 2 rings (SSSR count). The third-order valence-electron chi connectivity index (χ3n) is 2.77. The number of nitrogens with one attached hydrogen (secondary N) is 1. The molecule has 1 aromatic heterocycles. The highest BCUT2D eigenvalue weighted by atomic mass is 32.1. The lowest BCUT2D eigenvalue weighted by molar-refractivity contribution is 0.0928. The van der Waals surface area contributed by atoms with E-state index in [-0.39, 0.29) is 6.10 Å². The molecule has 1 saturated heterocycles. The van der Waals surface area contributed by atoms with Crippen LogP contribution >= 0.6 is 11.3 Å². The summed E-state index contributed by atoms with van der Waals surface area (Å²) in [7, 11) is 0. The molecule has 1 fully saturated rings. The van der Waals surface area contributed by atoms with Crippen molar-refractivity contribution in [2.75, 3.05) is 13.1 Å². The smallest absolute Gasteiger partial charge is 0.0794 e. The molecule has 14 heavy (non-hydrogen) atoms. The quantitative estimate of drug-likeness (QED) is 0.787. The minimum Gasteiger partial charge on any atom is -0.392 e. The van der Waals surface area contributed by atoms with E-state index < -0.39 is 0 Å². The van der Waals surface area contributed by atoms with Crippen molar-refractivity contribution >= 4 is 11.3 Å². The molecular formula is C10H16N2OS. The van der Waals surface area contributed by atoms with Gasteiger partial charge in [0.1, 0.15) is 0 Å². The second kappa shape index (κ2) is 4.87. The van der Waals surface area contributed by atoms with Gasteiger partial charge in [-0.05, 0) is 25.3 Å². The fourth-order valence-electron chi connectivity index (χ4n) is 1.92. The van der Waals surface area contributed by atoms with Gasteiger partial charge in [0.05, 0.1) is 11.6 Å². The van der Waals surface area contributed by atoms with Gasteiger partial charge in [-0.25, -0.2) is 0 Å². The summed E-state index contributed by atoms with van der Waals surface area (Å²) in [6.45, 7) is 2.06. The number of aliphatic hydroxyl groups excluding tert-OH is 1. The molecule has 0 saturated carbocycles. The van der Waals surface area contributed by atoms with E-state index in [1.165, 1.54) is 11.3 Å². The molecule has 0 spiro atoms. The molecule has 0 amide bonds. The largest absolute Gasteiger partial charge is 0.392 e. The highest BCUT2D eigenvalue weighted by Crippen LogP contribution is 2.19. The fraction of sp³-hybridized carbons (Fsp3) is 0.700. The topological polar surface area (TPSA) is 45.2 Å². The second-order valence-electron chi connectivity index (χ2n) is 3.85. The molecule has 1 aromatic rings. The van der Waals surface area contributed by atoms with E-state index in [4.69, 9.17) is 0 Å². The zero-order chi connectivity index (χ0) is 9.80. The summed E-state index contributed by atoms with van der Waals surface area (Å²) in [4.78, 5) is 5.20. The lowest BCUT2D eigenvalue weighted by Crippen LogP contribution is -2.37. The van der Waals surface area contributed by atoms with E-state index in [0.29, 0.717) is 5.92 Å². The molecule has 0 aliphatic carbocycles. The maximum atomic E-state index is 9.98. The van der Waals surface area contributed by atoms with E-state index in [9.17, 15) is 5.11 Å². The predicted octanol–water partition coefficient (Wildman–Crippen LogP) is 1.05. The van der Waals surface area contributed by atoms with E-state index in [2.05, 4.69) is 10.3 Å². The zero-order valence-corrected chi connectivity index (χ0v) is 8.96. The molecule has 2 atom stereocenters. The first-order chi connectivity index (χ1) is 6.86. The molecule has 3 nitrogen and oxygen atoms in total. The number of aliphatic hydroxyl groups is 1. The average molecular weight is 212 g/mol. The van der Waals surface area contributed by atoms with E-state index in [1.54, 1.807) is 11.3 Å². The van der Waals surface area contributed by atoms with Crippen LogP contribution in [0.2, 0.25) is 0 Å². The predicted molar refractivity (Wildman–Crippen MR) is 57.4 cm³/mol. The highest BCUT2D eigenvalue weighted by Gasteiger charge is 2.21. The van der Waals surface area contributed by atoms with E-state index in [0.717, 1.165) is 25.9 Å². The van der Waals surface area contributed by atoms with Crippen LogP contribution < -0.4 is 5.32 Å². The first kappa shape index (κ1) is 10.1. The maximum absolute atomic E-state index is 9.98. The summed E-state index contributed by atoms with van der Waals surface area (Å²) in [6.07, 6.45) is 4.74. The van der Waals surface area contributed by atoms with Gasteiger partial charge in [-0.1, -0.05) is 0 Å². The second-order valence-corrected chi connectivity index (χ2v) is 4.82. The van der Waals surface area contributed by atoms with E-state index >= 15 is 0 Å². The van der Waals surface area contributed by atoms with Crippen LogP contribution in [0.15, 0.2) is 11.7 Å². The van der Waals surface area contributed by atoms with Crippen LogP contribution in [0.4, 0.5) is 0 Å². The number of rotatable bonds is 3. The van der Waals surface area contributed by atoms with Gasteiger partial charge in [0.2, 0.25) is 0 Å². The molecular weight excluding hydrogens is 196 g/mol. The van der Waals surface area contributed by atoms with Crippen molar-refractivity contribution in [3.63, 3.8) is 0 Å². The Hall–Kier alpha value is -0.450. The Balaban J connectivity index is 1.85. The summed E-state index contributed by atoms with van der Waals surface area (Å²) in [5.74, 6) is 0.422. The van der Waals surface area contributed by atoms with Crippen molar-refractivity contribution in [1.29, 1.82) is 0 Å². The Labute approximate surface area is 88.2 Å². The van der Waals surface area contributed by atoms with Crippen molar-refractivity contribution in [3.8, 4) is 0 Å². The lowest BCUT2D eigenvalue weighted by Gasteiger charge is -2.26. The molecule has 0 bridgehead atoms. The van der Waals surface area contributed by atoms with Gasteiger partial charge in [-0.15, -0.1) is 11.3 Å². The number of nitrogens with zero attached hydrogens (tertiary/aromatic N) is 1. The van der Waals surface area contributed by atoms with Crippen LogP contribution in [-0.4, -0.2) is 29.3 Å². The van der Waals surface area contributed by atoms with Crippen LogP contribution in [0.5, 0.6) is 0 Å². The standard InChI is InChI=1S/C10H16N2OS/c13-10(4-9-6-12-7-14-9)8-2-1-3-11-5-8/h6-8,10-11,13H,1-5H2. The van der Waals surface area contributed by atoms with Crippen molar-refractivity contribution in [2.24, 2.45) is 5.92 Å². The van der Waals surface area contributed by atoms with Crippen molar-refractivity contribution < 1.29 is 5.11 Å². The van der Waals surface area contributed by atoms with Gasteiger partial charge in [0.25, 0.3) is 0 Å². The molecule has 2 heterocycles. The van der Waals surface area contributed by atoms with Crippen LogP contribution in [0, 0.1) is 5.92 Å². The molecule has 1 aliphatic heterocycles. The summed E-state index contributed by atoms with van der Waals surface area (Å²) in [5.41, 5.74) is 1.82. The minimum atomic E-state index is -0.205. The Kier molecular flexibility index (Phi) is 3.50. The first-order valence-electron chi connectivity index (χ1n) is 5.12. The number of hydrogen-bond acceptors (Lipinski definition) is 4. The molecule has 1 aliphatic rings. The molecule has 4 heteroatoms. The van der Waals surface area contributed by atoms with Crippen molar-refractivity contribution in [1.82, 2.24) is 10.3 Å². The summed E-state index contributed by atoms with van der Waals surface area (Å²) >= 11 is 1.62. The van der Waals surface area contributed by atoms with Gasteiger partial charge in [0, 0.05) is 24.0 Å². The molecule has 2 N–H and O–H groups in total. The minimum absolute atomic E-state index is 0.205. The van der Waals surface area contributed by atoms with Crippen LogP contribution in [0.3, 0.4) is 0 Å². The van der Waals surface area contributed by atoms with Crippen LogP contribution in [0.25, 0.3) is 0 Å². The molecule has 78 valence electrons. The Morgan fingerprint density at radius 1 is 1.71 bits per heavy atom. The summed E-state index contributed by atoms with van der Waals surface area (Å²) < 4.78 is 0. The summed E-state index contributed by atoms with van der Waals surface area (Å²) in [6, 6.07) is 0. The Morgan fingerprint density at radius 3 is 3.29 bits per heavy atom. The van der Waals surface area contributed by atoms with Gasteiger partial charge in [-0.2, -0.15) is 0 Å². The van der Waals surface area contributed by atoms with E-state index in [1.807, 2.05) is 11.7 Å². The van der Waals surface area contributed by atoms with Crippen LogP contribution in [0.1, 0.15) is 17.7 Å². The molecule has 2 unspecified atom stereocenters. The number of thiazole rings is 1. The van der Waals surface area contributed by atoms with Gasteiger partial charge in [-0.3, -0.25) is 4.98 Å². The van der Waals surface area contributed by atoms with Gasteiger partial charge in [0.15, 0.2) is 0 Å². The average Bonchev–Trinajstić information content (AvgIpc) is 2.72. The SMILES string of the molecule is OC(Cc1cncs1)C1CCCNC1. The van der Waals surface area contributed by atoms with Gasteiger partial charge < -0.3 is 10.4 Å². The lowest BCUT2D eigenvalue weighted by atomic mass is 9.92. The molecule has 0 radical (unpaired) electrons. The highest BCUT2D eigenvalue weighted by molar-refractivity contribution is 7.09. The molecule has 0 aromatic carbocycles. The number of aromatic nitrogens is 1. The Bertz CT molecular complexity index is 257. The number of hydrogen-bond donors (Lipinski definition) is 2. The third kappa shape index (κ3) is 2.53. The third-order valence-corrected chi connectivity index (χ3v) is 3.57. The fourth-order valence-corrected chi connectivity index (χ4v) is 2.57. The first-order valence-corrected chi connectivity index (χ1v) is 6.00. The van der Waals surface area contributed by atoms with Crippen LogP contribution in [-0.2, 0) is 6.42 Å². The van der Waals surface area contributed by atoms with Gasteiger partial charge >= 0.3 is 0 Å². The van der Waals surface area contributed by atoms with Crippen molar-refractivity contribution in [3.05, 3.63) is 16.6 Å².